The topological polar surface area (TPSA) is 73.9 Å². The van der Waals surface area contributed by atoms with Crippen LogP contribution >= 0.6 is 23.2 Å². The van der Waals surface area contributed by atoms with Gasteiger partial charge in [0.2, 0.25) is 0 Å². The zero-order valence-corrected chi connectivity index (χ0v) is 18.3. The second-order valence-corrected chi connectivity index (χ2v) is 7.75. The van der Waals surface area contributed by atoms with Crippen LogP contribution in [-0.4, -0.2) is 37.9 Å². The molecule has 1 aliphatic heterocycles. The summed E-state index contributed by atoms with van der Waals surface area (Å²) in [7, 11) is 1.49. The van der Waals surface area contributed by atoms with Crippen molar-refractivity contribution in [2.75, 3.05) is 20.3 Å². The van der Waals surface area contributed by atoms with Crippen molar-refractivity contribution in [3.8, 4) is 11.1 Å². The SMILES string of the molecule is CCOC(=O)OC1=C(c2cc(-c3ccc(Cl)cc3)ccc2Cl)C(=O)NC1(C)COC. The van der Waals surface area contributed by atoms with Crippen molar-refractivity contribution in [1.29, 1.82) is 0 Å². The average molecular weight is 450 g/mol. The standard InChI is InChI=1S/C22H21Cl2NO5/c1-4-29-21(27)30-19-18(20(26)25-22(19,2)12-28-3)16-11-14(7-10-17(16)24)13-5-8-15(23)9-6-13/h5-11H,4,12H2,1-3H3,(H,25,26). The Hall–Kier alpha value is -2.54. The van der Waals surface area contributed by atoms with Gasteiger partial charge in [-0.05, 0) is 49.2 Å². The number of ether oxygens (including phenoxy) is 3. The highest BCUT2D eigenvalue weighted by Gasteiger charge is 2.45. The third-order valence-electron chi connectivity index (χ3n) is 4.64. The molecule has 1 aliphatic rings. The summed E-state index contributed by atoms with van der Waals surface area (Å²) in [5.41, 5.74) is 1.24. The molecule has 1 unspecified atom stereocenters. The van der Waals surface area contributed by atoms with E-state index in [0.29, 0.717) is 15.6 Å². The highest BCUT2D eigenvalue weighted by Crippen LogP contribution is 2.39. The van der Waals surface area contributed by atoms with E-state index in [4.69, 9.17) is 37.4 Å². The lowest BCUT2D eigenvalue weighted by molar-refractivity contribution is -0.116. The monoisotopic (exact) mass is 449 g/mol. The summed E-state index contributed by atoms with van der Waals surface area (Å²) >= 11 is 12.4. The molecule has 0 saturated carbocycles. The molecular weight excluding hydrogens is 429 g/mol. The molecule has 3 rings (SSSR count). The van der Waals surface area contributed by atoms with Crippen molar-refractivity contribution in [2.45, 2.75) is 19.4 Å². The van der Waals surface area contributed by atoms with Crippen LogP contribution in [0.4, 0.5) is 4.79 Å². The maximum Gasteiger partial charge on any atom is 0.513 e. The molecule has 0 saturated heterocycles. The smallest absolute Gasteiger partial charge is 0.434 e. The molecule has 2 aromatic carbocycles. The minimum absolute atomic E-state index is 0.0888. The first kappa shape index (κ1) is 22.2. The summed E-state index contributed by atoms with van der Waals surface area (Å²) in [6, 6.07) is 12.6. The number of carbonyl (C=O) groups is 2. The molecule has 2 aromatic rings. The van der Waals surface area contributed by atoms with Crippen molar-refractivity contribution in [2.24, 2.45) is 0 Å². The summed E-state index contributed by atoms with van der Waals surface area (Å²) in [6.07, 6.45) is -0.909. The molecule has 0 radical (unpaired) electrons. The Bertz CT molecular complexity index is 1000. The number of carbonyl (C=O) groups excluding carboxylic acids is 2. The normalized spacial score (nSPS) is 18.4. The second-order valence-electron chi connectivity index (χ2n) is 6.91. The Balaban J connectivity index is 2.15. The average Bonchev–Trinajstić information content (AvgIpc) is 2.93. The van der Waals surface area contributed by atoms with Gasteiger partial charge in [0.1, 0.15) is 5.54 Å². The van der Waals surface area contributed by atoms with Crippen molar-refractivity contribution >= 4 is 40.8 Å². The maximum atomic E-state index is 12.9. The lowest BCUT2D eigenvalue weighted by Crippen LogP contribution is -2.46. The molecule has 0 fully saturated rings. The van der Waals surface area contributed by atoms with Crippen LogP contribution in [0.15, 0.2) is 48.2 Å². The first-order valence-corrected chi connectivity index (χ1v) is 10.0. The molecule has 0 spiro atoms. The molecule has 1 N–H and O–H groups in total. The highest BCUT2D eigenvalue weighted by molar-refractivity contribution is 6.36. The van der Waals surface area contributed by atoms with Gasteiger partial charge in [0.25, 0.3) is 5.91 Å². The van der Waals surface area contributed by atoms with Gasteiger partial charge in [0.15, 0.2) is 5.76 Å². The van der Waals surface area contributed by atoms with E-state index in [1.54, 1.807) is 38.1 Å². The molecule has 8 heteroatoms. The zero-order chi connectivity index (χ0) is 21.9. The predicted octanol–water partition coefficient (Wildman–Crippen LogP) is 5.08. The van der Waals surface area contributed by atoms with Crippen molar-refractivity contribution in [3.63, 3.8) is 0 Å². The van der Waals surface area contributed by atoms with Crippen LogP contribution in [0.1, 0.15) is 19.4 Å². The van der Waals surface area contributed by atoms with Gasteiger partial charge in [-0.1, -0.05) is 41.4 Å². The Morgan fingerprint density at radius 2 is 1.77 bits per heavy atom. The van der Waals surface area contributed by atoms with Gasteiger partial charge in [0, 0.05) is 22.7 Å². The summed E-state index contributed by atoms with van der Waals surface area (Å²) in [6.45, 7) is 3.59. The molecule has 0 aliphatic carbocycles. The number of rotatable bonds is 6. The van der Waals surface area contributed by atoms with Crippen molar-refractivity contribution in [3.05, 3.63) is 63.8 Å². The van der Waals surface area contributed by atoms with E-state index in [1.165, 1.54) is 7.11 Å². The van der Waals surface area contributed by atoms with Gasteiger partial charge in [-0.15, -0.1) is 0 Å². The van der Waals surface area contributed by atoms with Gasteiger partial charge in [-0.2, -0.15) is 0 Å². The fraction of sp³-hybridized carbons (Fsp3) is 0.273. The Morgan fingerprint density at radius 3 is 2.40 bits per heavy atom. The lowest BCUT2D eigenvalue weighted by Gasteiger charge is -2.25. The van der Waals surface area contributed by atoms with Crippen molar-refractivity contribution in [1.82, 2.24) is 5.32 Å². The van der Waals surface area contributed by atoms with Gasteiger partial charge in [-0.3, -0.25) is 4.79 Å². The van der Waals surface area contributed by atoms with Crippen molar-refractivity contribution < 1.29 is 23.8 Å². The van der Waals surface area contributed by atoms with E-state index >= 15 is 0 Å². The van der Waals surface area contributed by atoms with Gasteiger partial charge in [-0.25, -0.2) is 4.79 Å². The highest BCUT2D eigenvalue weighted by atomic mass is 35.5. The second kappa shape index (κ2) is 9.08. The van der Waals surface area contributed by atoms with E-state index in [2.05, 4.69) is 5.32 Å². The Morgan fingerprint density at radius 1 is 1.10 bits per heavy atom. The fourth-order valence-electron chi connectivity index (χ4n) is 3.32. The largest absolute Gasteiger partial charge is 0.513 e. The molecule has 158 valence electrons. The summed E-state index contributed by atoms with van der Waals surface area (Å²) in [4.78, 5) is 25.0. The van der Waals surface area contributed by atoms with Crippen LogP contribution in [0.25, 0.3) is 16.7 Å². The molecule has 6 nitrogen and oxygen atoms in total. The predicted molar refractivity (Wildman–Crippen MR) is 115 cm³/mol. The molecule has 1 amide bonds. The summed E-state index contributed by atoms with van der Waals surface area (Å²) in [5, 5.41) is 3.78. The van der Waals surface area contributed by atoms with Gasteiger partial charge in [0.05, 0.1) is 18.8 Å². The summed E-state index contributed by atoms with van der Waals surface area (Å²) in [5.74, 6) is -0.327. The minimum atomic E-state index is -1.06. The number of amides is 1. The van der Waals surface area contributed by atoms with Crippen LogP contribution in [0.5, 0.6) is 0 Å². The van der Waals surface area contributed by atoms with Crippen LogP contribution in [0.3, 0.4) is 0 Å². The summed E-state index contributed by atoms with van der Waals surface area (Å²) < 4.78 is 15.6. The van der Waals surface area contributed by atoms with E-state index < -0.39 is 17.6 Å². The first-order chi connectivity index (χ1) is 14.3. The van der Waals surface area contributed by atoms with E-state index in [1.807, 2.05) is 18.2 Å². The minimum Gasteiger partial charge on any atom is -0.434 e. The molecular formula is C22H21Cl2NO5. The number of hydrogen-bond donors (Lipinski definition) is 1. The number of benzene rings is 2. The van der Waals surface area contributed by atoms with Crippen LogP contribution < -0.4 is 5.32 Å². The van der Waals surface area contributed by atoms with E-state index in [-0.39, 0.29) is 24.5 Å². The lowest BCUT2D eigenvalue weighted by atomic mass is 9.95. The number of hydrogen-bond acceptors (Lipinski definition) is 5. The van der Waals surface area contributed by atoms with Gasteiger partial charge >= 0.3 is 6.16 Å². The van der Waals surface area contributed by atoms with Crippen LogP contribution in [0.2, 0.25) is 10.0 Å². The molecule has 1 heterocycles. The molecule has 30 heavy (non-hydrogen) atoms. The number of halogens is 2. The van der Waals surface area contributed by atoms with E-state index in [0.717, 1.165) is 11.1 Å². The maximum absolute atomic E-state index is 12.9. The van der Waals surface area contributed by atoms with Gasteiger partial charge < -0.3 is 19.5 Å². The van der Waals surface area contributed by atoms with E-state index in [9.17, 15) is 9.59 Å². The number of methoxy groups -OCH3 is 1. The Kier molecular flexibility index (Phi) is 6.71. The molecule has 1 atom stereocenters. The van der Waals surface area contributed by atoms with Crippen LogP contribution in [0, 0.1) is 0 Å². The molecule has 0 bridgehead atoms. The third-order valence-corrected chi connectivity index (χ3v) is 5.22. The zero-order valence-electron chi connectivity index (χ0n) is 16.8. The number of nitrogens with one attached hydrogen (secondary N) is 1. The first-order valence-electron chi connectivity index (χ1n) is 9.25. The third kappa shape index (κ3) is 4.46. The molecule has 0 aromatic heterocycles. The quantitative estimate of drug-likeness (QED) is 0.622. The Labute approximate surface area is 184 Å². The fourth-order valence-corrected chi connectivity index (χ4v) is 3.65. The van der Waals surface area contributed by atoms with Crippen LogP contribution in [-0.2, 0) is 19.0 Å².